The van der Waals surface area contributed by atoms with E-state index >= 15 is 0 Å². The molecule has 68 valence electrons. The van der Waals surface area contributed by atoms with Crippen molar-refractivity contribution in [2.45, 2.75) is 0 Å². The molecule has 1 rings (SSSR count). The maximum absolute atomic E-state index is 12.8. The van der Waals surface area contributed by atoms with Gasteiger partial charge in [0.2, 0.25) is 0 Å². The molecule has 0 fully saturated rings. The number of carbonyl (C=O) groups is 1. The number of benzene rings is 1. The molecule has 0 aliphatic heterocycles. The van der Waals surface area contributed by atoms with Crippen molar-refractivity contribution in [1.29, 1.82) is 0 Å². The molecule has 0 amide bonds. The average Bonchev–Trinajstić information content (AvgIpc) is 2.07. The molecule has 0 saturated heterocycles. The highest BCUT2D eigenvalue weighted by atomic mass is 19.1. The van der Waals surface area contributed by atoms with Gasteiger partial charge in [-0.1, -0.05) is 12.1 Å². The molecular formula is C9H8FNO2. The molecule has 0 aromatic heterocycles. The van der Waals surface area contributed by atoms with Gasteiger partial charge in [-0.05, 0) is 12.1 Å². The Bertz CT molecular complexity index is 361. The van der Waals surface area contributed by atoms with Gasteiger partial charge in [0.1, 0.15) is 5.82 Å². The Morgan fingerprint density at radius 3 is 2.85 bits per heavy atom. The summed E-state index contributed by atoms with van der Waals surface area (Å²) in [7, 11) is 0. The van der Waals surface area contributed by atoms with Crippen LogP contribution in [0.5, 0.6) is 0 Å². The van der Waals surface area contributed by atoms with Gasteiger partial charge >= 0.3 is 5.97 Å². The number of para-hydroxylation sites is 1. The van der Waals surface area contributed by atoms with Crippen LogP contribution in [0.2, 0.25) is 0 Å². The zero-order valence-corrected chi connectivity index (χ0v) is 6.70. The van der Waals surface area contributed by atoms with Crippen LogP contribution >= 0.6 is 0 Å². The van der Waals surface area contributed by atoms with Crippen LogP contribution in [0.15, 0.2) is 24.3 Å². The van der Waals surface area contributed by atoms with Crippen LogP contribution in [0.1, 0.15) is 5.56 Å². The van der Waals surface area contributed by atoms with E-state index in [0.29, 0.717) is 5.56 Å². The highest BCUT2D eigenvalue weighted by Gasteiger charge is 2.00. The standard InChI is InChI=1S/C9H8FNO2/c10-7-3-1-2-6(9(7)11)4-5-8(12)13/h1-5H,11H2,(H,12,13)/b5-4+. The van der Waals surface area contributed by atoms with Crippen LogP contribution in [0.25, 0.3) is 6.08 Å². The molecule has 1 aromatic rings. The zero-order valence-electron chi connectivity index (χ0n) is 6.70. The summed E-state index contributed by atoms with van der Waals surface area (Å²) < 4.78 is 12.8. The first-order valence-electron chi connectivity index (χ1n) is 3.56. The summed E-state index contributed by atoms with van der Waals surface area (Å²) >= 11 is 0. The molecule has 0 aliphatic carbocycles. The van der Waals surface area contributed by atoms with E-state index in [0.717, 1.165) is 6.08 Å². The molecule has 0 bridgehead atoms. The molecule has 0 spiro atoms. The third-order valence-corrected chi connectivity index (χ3v) is 1.49. The van der Waals surface area contributed by atoms with Crippen molar-refractivity contribution in [1.82, 2.24) is 0 Å². The molecule has 3 N–H and O–H groups in total. The minimum Gasteiger partial charge on any atom is -0.478 e. The lowest BCUT2D eigenvalue weighted by atomic mass is 10.1. The molecule has 1 aromatic carbocycles. The summed E-state index contributed by atoms with van der Waals surface area (Å²) in [6, 6.07) is 4.22. The maximum atomic E-state index is 12.8. The van der Waals surface area contributed by atoms with Crippen molar-refractivity contribution in [3.63, 3.8) is 0 Å². The second-order valence-electron chi connectivity index (χ2n) is 2.41. The molecule has 13 heavy (non-hydrogen) atoms. The number of anilines is 1. The summed E-state index contributed by atoms with van der Waals surface area (Å²) in [6.45, 7) is 0. The Morgan fingerprint density at radius 2 is 2.23 bits per heavy atom. The van der Waals surface area contributed by atoms with Crippen molar-refractivity contribution in [2.75, 3.05) is 5.73 Å². The molecule has 3 nitrogen and oxygen atoms in total. The number of halogens is 1. The fraction of sp³-hybridized carbons (Fsp3) is 0. The molecule has 0 aliphatic rings. The van der Waals surface area contributed by atoms with E-state index in [1.807, 2.05) is 0 Å². The van der Waals surface area contributed by atoms with E-state index in [2.05, 4.69) is 0 Å². The Hall–Kier alpha value is -1.84. The van der Waals surface area contributed by atoms with E-state index in [-0.39, 0.29) is 5.69 Å². The number of aliphatic carboxylic acids is 1. The molecule has 0 saturated carbocycles. The number of rotatable bonds is 2. The van der Waals surface area contributed by atoms with Crippen LogP contribution in [-0.4, -0.2) is 11.1 Å². The highest BCUT2D eigenvalue weighted by Crippen LogP contribution is 2.16. The zero-order chi connectivity index (χ0) is 9.84. The first-order valence-corrected chi connectivity index (χ1v) is 3.56. The van der Waals surface area contributed by atoms with Gasteiger partial charge in [0, 0.05) is 11.6 Å². The average molecular weight is 181 g/mol. The lowest BCUT2D eigenvalue weighted by molar-refractivity contribution is -0.131. The Labute approximate surface area is 74.3 Å². The predicted octanol–water partition coefficient (Wildman–Crippen LogP) is 1.51. The third-order valence-electron chi connectivity index (χ3n) is 1.49. The first-order chi connectivity index (χ1) is 6.11. The lowest BCUT2D eigenvalue weighted by Gasteiger charge is -1.99. The minimum absolute atomic E-state index is 0.0417. The van der Waals surface area contributed by atoms with E-state index in [9.17, 15) is 9.18 Å². The van der Waals surface area contributed by atoms with Gasteiger partial charge in [-0.2, -0.15) is 0 Å². The van der Waals surface area contributed by atoms with Gasteiger partial charge in [0.15, 0.2) is 0 Å². The summed E-state index contributed by atoms with van der Waals surface area (Å²) in [4.78, 5) is 10.1. The number of carboxylic acids is 1. The highest BCUT2D eigenvalue weighted by molar-refractivity contribution is 5.86. The molecule has 0 radical (unpaired) electrons. The van der Waals surface area contributed by atoms with Gasteiger partial charge < -0.3 is 10.8 Å². The van der Waals surface area contributed by atoms with E-state index in [1.165, 1.54) is 24.3 Å². The normalized spacial score (nSPS) is 10.5. The third kappa shape index (κ3) is 2.30. The number of hydrogen-bond donors (Lipinski definition) is 2. The summed E-state index contributed by atoms with van der Waals surface area (Å²) in [6.07, 6.45) is 2.16. The monoisotopic (exact) mass is 181 g/mol. The fourth-order valence-corrected chi connectivity index (χ4v) is 0.860. The minimum atomic E-state index is -1.09. The number of nitrogens with two attached hydrogens (primary N) is 1. The second kappa shape index (κ2) is 3.71. The van der Waals surface area contributed by atoms with Crippen LogP contribution in [0.4, 0.5) is 10.1 Å². The van der Waals surface area contributed by atoms with Gasteiger partial charge in [0.25, 0.3) is 0 Å². The largest absolute Gasteiger partial charge is 0.478 e. The maximum Gasteiger partial charge on any atom is 0.328 e. The van der Waals surface area contributed by atoms with Crippen LogP contribution in [0.3, 0.4) is 0 Å². The second-order valence-corrected chi connectivity index (χ2v) is 2.41. The van der Waals surface area contributed by atoms with Crippen molar-refractivity contribution >= 4 is 17.7 Å². The Kier molecular flexibility index (Phi) is 2.64. The van der Waals surface area contributed by atoms with E-state index < -0.39 is 11.8 Å². The molecule has 0 atom stereocenters. The topological polar surface area (TPSA) is 63.3 Å². The SMILES string of the molecule is Nc1c(F)cccc1/C=C/C(=O)O. The van der Waals surface area contributed by atoms with Crippen molar-refractivity contribution in [3.05, 3.63) is 35.7 Å². The number of hydrogen-bond acceptors (Lipinski definition) is 2. The molecule has 0 heterocycles. The van der Waals surface area contributed by atoms with Crippen LogP contribution < -0.4 is 5.73 Å². The smallest absolute Gasteiger partial charge is 0.328 e. The number of nitrogen functional groups attached to an aromatic ring is 1. The quantitative estimate of drug-likeness (QED) is 0.536. The van der Waals surface area contributed by atoms with Crippen LogP contribution in [-0.2, 0) is 4.79 Å². The Balaban J connectivity index is 3.02. The van der Waals surface area contributed by atoms with Crippen molar-refractivity contribution < 1.29 is 14.3 Å². The predicted molar refractivity (Wildman–Crippen MR) is 47.5 cm³/mol. The van der Waals surface area contributed by atoms with Crippen molar-refractivity contribution in [3.8, 4) is 0 Å². The fourth-order valence-electron chi connectivity index (χ4n) is 0.860. The lowest BCUT2D eigenvalue weighted by Crippen LogP contribution is -1.94. The summed E-state index contributed by atoms with van der Waals surface area (Å²) in [5, 5.41) is 8.31. The Morgan fingerprint density at radius 1 is 1.54 bits per heavy atom. The van der Waals surface area contributed by atoms with E-state index in [1.54, 1.807) is 0 Å². The molecule has 4 heteroatoms. The van der Waals surface area contributed by atoms with Gasteiger partial charge in [-0.15, -0.1) is 0 Å². The first kappa shape index (κ1) is 9.25. The van der Waals surface area contributed by atoms with Crippen LogP contribution in [0, 0.1) is 5.82 Å². The number of carboxylic acid groups (broad SMARTS) is 1. The van der Waals surface area contributed by atoms with Gasteiger partial charge in [-0.25, -0.2) is 9.18 Å². The van der Waals surface area contributed by atoms with Gasteiger partial charge in [0.05, 0.1) is 5.69 Å². The summed E-state index contributed by atoms with van der Waals surface area (Å²) in [5.41, 5.74) is 5.67. The summed E-state index contributed by atoms with van der Waals surface area (Å²) in [5.74, 6) is -1.64. The molecule has 0 unspecified atom stereocenters. The van der Waals surface area contributed by atoms with Gasteiger partial charge in [-0.3, -0.25) is 0 Å². The van der Waals surface area contributed by atoms with E-state index in [4.69, 9.17) is 10.8 Å². The molecular weight excluding hydrogens is 173 g/mol. The van der Waals surface area contributed by atoms with Crippen molar-refractivity contribution in [2.24, 2.45) is 0 Å².